The Bertz CT molecular complexity index is 699. The van der Waals surface area contributed by atoms with Crippen LogP contribution in [0.25, 0.3) is 0 Å². The number of methoxy groups -OCH3 is 1. The Morgan fingerprint density at radius 3 is 2.41 bits per heavy atom. The molecule has 182 valence electrons. The second-order valence-corrected chi connectivity index (χ2v) is 12.8. The molecule has 0 radical (unpaired) electrons. The van der Waals surface area contributed by atoms with E-state index in [1.165, 1.54) is 58.5 Å². The molecule has 9 atom stereocenters. The van der Waals surface area contributed by atoms with Gasteiger partial charge in [0.2, 0.25) is 0 Å². The lowest BCUT2D eigenvalue weighted by molar-refractivity contribution is -0.0868. The van der Waals surface area contributed by atoms with E-state index in [1.54, 1.807) is 0 Å². The van der Waals surface area contributed by atoms with Gasteiger partial charge in [-0.15, -0.1) is 0 Å². The summed E-state index contributed by atoms with van der Waals surface area (Å²) in [5.74, 6) is 5.54. The summed E-state index contributed by atoms with van der Waals surface area (Å²) in [4.78, 5) is 11.6. The maximum atomic E-state index is 11.6. The zero-order valence-electron chi connectivity index (χ0n) is 21.6. The third kappa shape index (κ3) is 4.27. The summed E-state index contributed by atoms with van der Waals surface area (Å²) < 4.78 is 10.3. The molecule has 0 heterocycles. The molecule has 4 aliphatic carbocycles. The third-order valence-corrected chi connectivity index (χ3v) is 10.7. The number of hydrogen-bond donors (Lipinski definition) is 0. The van der Waals surface area contributed by atoms with Crippen LogP contribution in [-0.2, 0) is 9.47 Å². The standard InChI is InChI=1S/C29H48O3/c1-19(2)8-7-9-20(3)24-12-13-25-23-11-10-21-18-22(32-27(30)31-6)14-16-28(21,4)26(23)15-17-29(24,25)5/h10-11,19-26H,7-9,12-18H2,1-6H3/t20-,21?,22?,23-,24?,25?,26?,28-,29+/m1/s1. The maximum Gasteiger partial charge on any atom is 0.508 e. The largest absolute Gasteiger partial charge is 0.508 e. The molecule has 0 aromatic carbocycles. The van der Waals surface area contributed by atoms with Gasteiger partial charge in [0.1, 0.15) is 6.10 Å². The molecule has 0 amide bonds. The van der Waals surface area contributed by atoms with Gasteiger partial charge in [0, 0.05) is 0 Å². The van der Waals surface area contributed by atoms with Crippen LogP contribution in [0.1, 0.15) is 98.8 Å². The minimum Gasteiger partial charge on any atom is -0.438 e. The molecule has 0 N–H and O–H groups in total. The highest BCUT2D eigenvalue weighted by Crippen LogP contribution is 2.67. The molecule has 0 aromatic rings. The summed E-state index contributed by atoms with van der Waals surface area (Å²) in [6.07, 6.45) is 17.6. The lowest BCUT2D eigenvalue weighted by atomic mass is 9.46. The van der Waals surface area contributed by atoms with Gasteiger partial charge in [-0.25, -0.2) is 4.79 Å². The molecule has 32 heavy (non-hydrogen) atoms. The molecule has 4 aliphatic rings. The second-order valence-electron chi connectivity index (χ2n) is 12.8. The topological polar surface area (TPSA) is 35.5 Å². The first-order valence-electron chi connectivity index (χ1n) is 13.6. The van der Waals surface area contributed by atoms with E-state index in [4.69, 9.17) is 9.47 Å². The van der Waals surface area contributed by atoms with Crippen molar-refractivity contribution in [1.82, 2.24) is 0 Å². The van der Waals surface area contributed by atoms with Crippen LogP contribution in [-0.4, -0.2) is 19.4 Å². The molecule has 0 bridgehead atoms. The van der Waals surface area contributed by atoms with Gasteiger partial charge in [0.25, 0.3) is 0 Å². The van der Waals surface area contributed by atoms with Gasteiger partial charge >= 0.3 is 6.16 Å². The Morgan fingerprint density at radius 1 is 0.969 bits per heavy atom. The molecule has 3 nitrogen and oxygen atoms in total. The average Bonchev–Trinajstić information content (AvgIpc) is 3.11. The number of fused-ring (bicyclic) bond motifs is 5. The van der Waals surface area contributed by atoms with Crippen molar-refractivity contribution >= 4 is 6.16 Å². The number of carbonyl (C=O) groups is 1. The van der Waals surface area contributed by atoms with Crippen LogP contribution in [0.15, 0.2) is 12.2 Å². The zero-order chi connectivity index (χ0) is 23.1. The van der Waals surface area contributed by atoms with E-state index in [1.807, 2.05) is 0 Å². The fraction of sp³-hybridized carbons (Fsp3) is 0.897. The average molecular weight is 445 g/mol. The summed E-state index contributed by atoms with van der Waals surface area (Å²) in [6, 6.07) is 0. The van der Waals surface area contributed by atoms with Crippen LogP contribution < -0.4 is 0 Å². The van der Waals surface area contributed by atoms with Gasteiger partial charge in [-0.1, -0.05) is 66.0 Å². The van der Waals surface area contributed by atoms with E-state index >= 15 is 0 Å². The molecule has 3 heteroatoms. The molecule has 3 saturated carbocycles. The molecule has 0 spiro atoms. The molecule has 0 aliphatic heterocycles. The Morgan fingerprint density at radius 2 is 1.69 bits per heavy atom. The monoisotopic (exact) mass is 444 g/mol. The van der Waals surface area contributed by atoms with Gasteiger partial charge in [-0.05, 0) is 97.2 Å². The molecule has 3 fully saturated rings. The lowest BCUT2D eigenvalue weighted by Gasteiger charge is -2.59. The highest BCUT2D eigenvalue weighted by molar-refractivity contribution is 5.59. The minimum absolute atomic E-state index is 0.0122. The van der Waals surface area contributed by atoms with E-state index < -0.39 is 6.16 Å². The van der Waals surface area contributed by atoms with Crippen LogP contribution in [0.2, 0.25) is 0 Å². The van der Waals surface area contributed by atoms with Gasteiger partial charge in [0.05, 0.1) is 7.11 Å². The predicted molar refractivity (Wildman–Crippen MR) is 130 cm³/mol. The molecule has 0 saturated heterocycles. The number of carbonyl (C=O) groups excluding carboxylic acids is 1. The van der Waals surface area contributed by atoms with Crippen LogP contribution in [0.4, 0.5) is 4.79 Å². The van der Waals surface area contributed by atoms with Crippen molar-refractivity contribution in [3.8, 4) is 0 Å². The Hall–Kier alpha value is -0.990. The smallest absolute Gasteiger partial charge is 0.438 e. The van der Waals surface area contributed by atoms with Crippen LogP contribution in [0.3, 0.4) is 0 Å². The van der Waals surface area contributed by atoms with E-state index in [9.17, 15) is 4.79 Å². The molecule has 0 aromatic heterocycles. The third-order valence-electron chi connectivity index (χ3n) is 10.7. The first-order valence-corrected chi connectivity index (χ1v) is 13.6. The van der Waals surface area contributed by atoms with Gasteiger partial charge in [-0.2, -0.15) is 0 Å². The summed E-state index contributed by atoms with van der Waals surface area (Å²) in [7, 11) is 1.40. The van der Waals surface area contributed by atoms with E-state index in [0.29, 0.717) is 16.7 Å². The zero-order valence-corrected chi connectivity index (χ0v) is 21.6. The maximum absolute atomic E-state index is 11.6. The Balaban J connectivity index is 1.45. The summed E-state index contributed by atoms with van der Waals surface area (Å²) in [5.41, 5.74) is 0.884. The van der Waals surface area contributed by atoms with Crippen molar-refractivity contribution in [2.45, 2.75) is 105 Å². The van der Waals surface area contributed by atoms with Gasteiger partial charge < -0.3 is 9.47 Å². The summed E-state index contributed by atoms with van der Waals surface area (Å²) in [5, 5.41) is 0. The normalized spacial score (nSPS) is 43.8. The van der Waals surface area contributed by atoms with Crippen molar-refractivity contribution in [2.24, 2.45) is 52.3 Å². The number of ether oxygens (including phenoxy) is 2. The Kier molecular flexibility index (Phi) is 7.04. The van der Waals surface area contributed by atoms with Crippen LogP contribution in [0.5, 0.6) is 0 Å². The van der Waals surface area contributed by atoms with Crippen molar-refractivity contribution in [3.63, 3.8) is 0 Å². The minimum atomic E-state index is -0.524. The second kappa shape index (κ2) is 9.34. The van der Waals surface area contributed by atoms with Crippen molar-refractivity contribution in [2.75, 3.05) is 7.11 Å². The highest BCUT2D eigenvalue weighted by Gasteiger charge is 2.59. The Labute approximate surface area is 197 Å². The fourth-order valence-corrected chi connectivity index (χ4v) is 8.90. The SMILES string of the molecule is COC(=O)OC1CC[C@]2(C)C(C=C[C@H]3C2CC[C@]2(C)C3CCC2[C@H](C)CCCC(C)C)C1. The number of rotatable bonds is 6. The molecule has 4 rings (SSSR count). The van der Waals surface area contributed by atoms with E-state index in [-0.39, 0.29) is 6.10 Å². The molecular formula is C29H48O3. The van der Waals surface area contributed by atoms with Gasteiger partial charge in [-0.3, -0.25) is 0 Å². The van der Waals surface area contributed by atoms with Crippen molar-refractivity contribution < 1.29 is 14.3 Å². The highest BCUT2D eigenvalue weighted by atomic mass is 16.7. The van der Waals surface area contributed by atoms with Crippen molar-refractivity contribution in [1.29, 1.82) is 0 Å². The molecule has 5 unspecified atom stereocenters. The lowest BCUT2D eigenvalue weighted by Crippen LogP contribution is -2.52. The first kappa shape index (κ1) is 24.1. The van der Waals surface area contributed by atoms with Gasteiger partial charge in [0.15, 0.2) is 0 Å². The first-order chi connectivity index (χ1) is 15.2. The number of hydrogen-bond acceptors (Lipinski definition) is 3. The van der Waals surface area contributed by atoms with Crippen molar-refractivity contribution in [3.05, 3.63) is 12.2 Å². The fourth-order valence-electron chi connectivity index (χ4n) is 8.90. The summed E-state index contributed by atoms with van der Waals surface area (Å²) >= 11 is 0. The van der Waals surface area contributed by atoms with Crippen LogP contribution >= 0.6 is 0 Å². The van der Waals surface area contributed by atoms with E-state index in [2.05, 4.69) is 46.8 Å². The van der Waals surface area contributed by atoms with E-state index in [0.717, 1.165) is 48.3 Å². The quantitative estimate of drug-likeness (QED) is 0.307. The predicted octanol–water partition coefficient (Wildman–Crippen LogP) is 8.04. The summed E-state index contributed by atoms with van der Waals surface area (Å²) in [6.45, 7) is 12.5. The van der Waals surface area contributed by atoms with Crippen LogP contribution in [0, 0.1) is 52.3 Å². The number of allylic oxidation sites excluding steroid dienone is 2. The molecular weight excluding hydrogens is 396 g/mol.